The smallest absolute Gasteiger partial charge is 0.257 e. The van der Waals surface area contributed by atoms with E-state index >= 15 is 0 Å². The van der Waals surface area contributed by atoms with Crippen LogP contribution in [0.4, 0.5) is 5.69 Å². The van der Waals surface area contributed by atoms with E-state index in [2.05, 4.69) is 35.6 Å². The zero-order valence-electron chi connectivity index (χ0n) is 21.0. The molecule has 6 rings (SSSR count). The highest BCUT2D eigenvalue weighted by Gasteiger charge is 2.38. The summed E-state index contributed by atoms with van der Waals surface area (Å²) in [4.78, 5) is 40.2. The van der Waals surface area contributed by atoms with E-state index in [0.717, 1.165) is 48.1 Å². The number of fused-ring (bicyclic) bond motifs is 2. The number of nitrogens with one attached hydrogen (secondary N) is 3. The molecule has 0 radical (unpaired) electrons. The molecule has 2 amide bonds. The van der Waals surface area contributed by atoms with Crippen molar-refractivity contribution < 1.29 is 9.59 Å². The van der Waals surface area contributed by atoms with Crippen LogP contribution in [-0.4, -0.2) is 67.6 Å². The molecule has 2 fully saturated rings. The van der Waals surface area contributed by atoms with E-state index in [1.54, 1.807) is 36.1 Å². The topological polar surface area (TPSA) is 121 Å². The molecule has 1 saturated heterocycles. The van der Waals surface area contributed by atoms with Crippen molar-refractivity contribution in [3.63, 3.8) is 0 Å². The number of carbonyl (C=O) groups is 2. The first kappa shape index (κ1) is 23.4. The minimum absolute atomic E-state index is 0.191. The van der Waals surface area contributed by atoms with Gasteiger partial charge in [-0.3, -0.25) is 19.3 Å². The molecular formula is C27H30N8O2. The van der Waals surface area contributed by atoms with Gasteiger partial charge < -0.3 is 20.5 Å². The van der Waals surface area contributed by atoms with Gasteiger partial charge in [0.05, 0.1) is 34.4 Å². The largest absolute Gasteiger partial charge is 0.351 e. The maximum absolute atomic E-state index is 13.0. The monoisotopic (exact) mass is 498 g/mol. The third-order valence-electron chi connectivity index (χ3n) is 7.62. The summed E-state index contributed by atoms with van der Waals surface area (Å²) in [6, 6.07) is 5.41. The molecule has 5 heterocycles. The van der Waals surface area contributed by atoms with Gasteiger partial charge in [-0.1, -0.05) is 0 Å². The van der Waals surface area contributed by atoms with Crippen LogP contribution < -0.4 is 10.6 Å². The molecule has 190 valence electrons. The normalized spacial score (nSPS) is 19.0. The van der Waals surface area contributed by atoms with Gasteiger partial charge in [0.2, 0.25) is 0 Å². The molecule has 4 aromatic rings. The number of H-pyrrole nitrogens is 1. The van der Waals surface area contributed by atoms with Crippen LogP contribution in [0.5, 0.6) is 0 Å². The molecule has 1 aliphatic heterocycles. The van der Waals surface area contributed by atoms with E-state index in [4.69, 9.17) is 0 Å². The molecule has 3 N–H and O–H groups in total. The maximum Gasteiger partial charge on any atom is 0.257 e. The fourth-order valence-electron chi connectivity index (χ4n) is 5.30. The lowest BCUT2D eigenvalue weighted by Gasteiger charge is -2.28. The second-order valence-corrected chi connectivity index (χ2v) is 10.2. The van der Waals surface area contributed by atoms with Gasteiger partial charge in [0.15, 0.2) is 0 Å². The molecule has 4 aromatic heterocycles. The molecule has 10 heteroatoms. The van der Waals surface area contributed by atoms with Gasteiger partial charge in [0.25, 0.3) is 11.8 Å². The number of nitrogens with zero attached hydrogens (tertiary/aromatic N) is 5. The van der Waals surface area contributed by atoms with Crippen LogP contribution in [0.15, 0.2) is 43.0 Å². The Morgan fingerprint density at radius 3 is 2.51 bits per heavy atom. The van der Waals surface area contributed by atoms with E-state index < -0.39 is 0 Å². The second-order valence-electron chi connectivity index (χ2n) is 10.2. The SMILES string of the molecule is Cc1ncc(C(=O)NCCN2CC3CCC3C2)cc1NC(=O)c1cnc2[nH]c(-c3cnn(C)c3)cc2c1. The van der Waals surface area contributed by atoms with E-state index in [1.807, 2.05) is 19.3 Å². The third kappa shape index (κ3) is 4.72. The lowest BCUT2D eigenvalue weighted by Crippen LogP contribution is -2.34. The quantitative estimate of drug-likeness (QED) is 0.360. The predicted octanol–water partition coefficient (Wildman–Crippen LogP) is 2.99. The number of carbonyl (C=O) groups excluding carboxylic acids is 2. The summed E-state index contributed by atoms with van der Waals surface area (Å²) in [5.74, 6) is 1.22. The zero-order valence-corrected chi connectivity index (χ0v) is 21.0. The van der Waals surface area contributed by atoms with Crippen molar-refractivity contribution in [2.75, 3.05) is 31.5 Å². The Balaban J connectivity index is 1.11. The van der Waals surface area contributed by atoms with Crippen molar-refractivity contribution in [1.29, 1.82) is 0 Å². The lowest BCUT2D eigenvalue weighted by molar-refractivity contribution is 0.0947. The minimum atomic E-state index is -0.315. The number of pyridine rings is 2. The van der Waals surface area contributed by atoms with E-state index in [1.165, 1.54) is 19.0 Å². The Kier molecular flexibility index (Phi) is 5.96. The van der Waals surface area contributed by atoms with Gasteiger partial charge in [-0.05, 0) is 49.8 Å². The third-order valence-corrected chi connectivity index (χ3v) is 7.62. The second kappa shape index (κ2) is 9.44. The predicted molar refractivity (Wildman–Crippen MR) is 140 cm³/mol. The van der Waals surface area contributed by atoms with Crippen LogP contribution in [0.3, 0.4) is 0 Å². The van der Waals surface area contributed by atoms with E-state index in [-0.39, 0.29) is 11.8 Å². The van der Waals surface area contributed by atoms with E-state index in [9.17, 15) is 9.59 Å². The average Bonchev–Trinajstić information content (AvgIpc) is 3.57. The van der Waals surface area contributed by atoms with Crippen LogP contribution in [0.1, 0.15) is 39.3 Å². The van der Waals surface area contributed by atoms with Crippen molar-refractivity contribution in [2.24, 2.45) is 18.9 Å². The van der Waals surface area contributed by atoms with Crippen LogP contribution >= 0.6 is 0 Å². The van der Waals surface area contributed by atoms with Crippen LogP contribution in [0.2, 0.25) is 0 Å². The molecule has 10 nitrogen and oxygen atoms in total. The molecule has 0 bridgehead atoms. The number of likely N-dealkylation sites (tertiary alicyclic amines) is 1. The molecule has 2 unspecified atom stereocenters. The molecule has 1 aliphatic carbocycles. The molecule has 2 atom stereocenters. The summed E-state index contributed by atoms with van der Waals surface area (Å²) in [6.07, 6.45) is 9.45. The number of hydrogen-bond donors (Lipinski definition) is 3. The summed E-state index contributed by atoms with van der Waals surface area (Å²) >= 11 is 0. The number of amides is 2. The Labute approximate surface area is 214 Å². The van der Waals surface area contributed by atoms with Gasteiger partial charge in [0, 0.05) is 62.8 Å². The van der Waals surface area contributed by atoms with Gasteiger partial charge >= 0.3 is 0 Å². The summed E-state index contributed by atoms with van der Waals surface area (Å²) < 4.78 is 1.73. The van der Waals surface area contributed by atoms with Crippen molar-refractivity contribution in [3.8, 4) is 11.3 Å². The van der Waals surface area contributed by atoms with Crippen LogP contribution in [0.25, 0.3) is 22.3 Å². The molecule has 2 aliphatic rings. The highest BCUT2D eigenvalue weighted by Crippen LogP contribution is 2.40. The number of hydrogen-bond acceptors (Lipinski definition) is 6. The Morgan fingerprint density at radius 2 is 1.78 bits per heavy atom. The standard InChI is InChI=1S/C27H30N8O2/c1-16-23(9-21(10-29-16)26(36)28-5-6-35-14-17-3-4-18(17)15-35)33-27(37)20-7-19-8-24(32-25(19)30-11-20)22-12-31-34(2)13-22/h7-13,17-18H,3-6,14-15H2,1-2H3,(H,28,36)(H,30,32)(H,33,37). The Bertz CT molecular complexity index is 1480. The lowest BCUT2D eigenvalue weighted by atomic mass is 9.77. The summed E-state index contributed by atoms with van der Waals surface area (Å²) in [5, 5.41) is 10.9. The zero-order chi connectivity index (χ0) is 25.5. The number of rotatable bonds is 7. The Morgan fingerprint density at radius 1 is 1.03 bits per heavy atom. The highest BCUT2D eigenvalue weighted by molar-refractivity contribution is 6.06. The van der Waals surface area contributed by atoms with Crippen molar-refractivity contribution >= 4 is 28.5 Å². The number of anilines is 1. The van der Waals surface area contributed by atoms with Gasteiger partial charge in [0.1, 0.15) is 5.65 Å². The Hall–Kier alpha value is -4.05. The number of aromatic amines is 1. The molecular weight excluding hydrogens is 468 g/mol. The summed E-state index contributed by atoms with van der Waals surface area (Å²) in [6.45, 7) is 5.55. The van der Waals surface area contributed by atoms with Gasteiger partial charge in [-0.2, -0.15) is 5.10 Å². The van der Waals surface area contributed by atoms with E-state index in [0.29, 0.717) is 34.7 Å². The number of aromatic nitrogens is 5. The fourth-order valence-corrected chi connectivity index (χ4v) is 5.30. The van der Waals surface area contributed by atoms with Crippen molar-refractivity contribution in [3.05, 3.63) is 59.8 Å². The number of aryl methyl sites for hydroxylation is 2. The summed E-state index contributed by atoms with van der Waals surface area (Å²) in [5.41, 5.74) is 4.47. The molecule has 0 aromatic carbocycles. The van der Waals surface area contributed by atoms with Crippen molar-refractivity contribution in [1.82, 2.24) is 34.9 Å². The average molecular weight is 499 g/mol. The molecule has 37 heavy (non-hydrogen) atoms. The molecule has 1 saturated carbocycles. The van der Waals surface area contributed by atoms with Gasteiger partial charge in [-0.25, -0.2) is 4.98 Å². The van der Waals surface area contributed by atoms with Crippen molar-refractivity contribution in [2.45, 2.75) is 19.8 Å². The first-order chi connectivity index (χ1) is 17.9. The van der Waals surface area contributed by atoms with Crippen LogP contribution in [0, 0.1) is 18.8 Å². The minimum Gasteiger partial charge on any atom is -0.351 e. The summed E-state index contributed by atoms with van der Waals surface area (Å²) in [7, 11) is 1.86. The first-order valence-corrected chi connectivity index (χ1v) is 12.7. The highest BCUT2D eigenvalue weighted by atomic mass is 16.2. The molecule has 0 spiro atoms. The maximum atomic E-state index is 13.0. The van der Waals surface area contributed by atoms with Gasteiger partial charge in [-0.15, -0.1) is 0 Å². The first-order valence-electron chi connectivity index (χ1n) is 12.7. The van der Waals surface area contributed by atoms with Crippen LogP contribution in [-0.2, 0) is 7.05 Å². The fraction of sp³-hybridized carbons (Fsp3) is 0.370.